The first-order valence-electron chi connectivity index (χ1n) is 18.9. The van der Waals surface area contributed by atoms with Crippen LogP contribution in [0.4, 0.5) is 0 Å². The van der Waals surface area contributed by atoms with Crippen LogP contribution in [-0.2, 0) is 14.3 Å². The first-order chi connectivity index (χ1) is 20.5. The summed E-state index contributed by atoms with van der Waals surface area (Å²) in [4.78, 5) is 9.17. The third kappa shape index (κ3) is 13.6. The van der Waals surface area contributed by atoms with Crippen LogP contribution in [0.15, 0.2) is 0 Å². The van der Waals surface area contributed by atoms with Crippen LogP contribution in [0.2, 0.25) is 0 Å². The van der Waals surface area contributed by atoms with Crippen LogP contribution >= 0.6 is 0 Å². The quantitative estimate of drug-likeness (QED) is 0.114. The van der Waals surface area contributed by atoms with Gasteiger partial charge in [0.05, 0.1) is 18.8 Å². The van der Waals surface area contributed by atoms with Crippen LogP contribution < -0.4 is 0 Å². The molecule has 0 radical (unpaired) electrons. The van der Waals surface area contributed by atoms with E-state index < -0.39 is 0 Å². The molecule has 4 unspecified atom stereocenters. The van der Waals surface area contributed by atoms with E-state index in [1.165, 1.54) is 83.6 Å². The summed E-state index contributed by atoms with van der Waals surface area (Å²) < 4.78 is 13.0. The molecule has 0 aromatic carbocycles. The highest BCUT2D eigenvalue weighted by Crippen LogP contribution is 2.37. The van der Waals surface area contributed by atoms with E-state index in [0.29, 0.717) is 48.1 Å². The Kier molecular flexibility index (Phi) is 18.9. The lowest BCUT2D eigenvalue weighted by molar-refractivity contribution is -0.276. The molecule has 0 saturated carbocycles. The topological polar surface area (TPSA) is 34.2 Å². The zero-order valence-electron chi connectivity index (χ0n) is 30.7. The summed E-state index contributed by atoms with van der Waals surface area (Å²) in [6, 6.07) is 1.76. The van der Waals surface area contributed by atoms with Gasteiger partial charge in [-0.15, -0.1) is 0 Å². The number of likely N-dealkylation sites (tertiary alicyclic amines) is 1. The van der Waals surface area contributed by atoms with E-state index in [0.717, 1.165) is 39.1 Å². The number of piperidine rings is 2. The Hall–Kier alpha value is -0.200. The smallest absolute Gasteiger partial charge is 0.0685 e. The number of rotatable bonds is 22. The second kappa shape index (κ2) is 20.8. The lowest BCUT2D eigenvalue weighted by Gasteiger charge is -2.50. The fraction of sp³-hybridized carbons (Fsp3) is 1.00. The summed E-state index contributed by atoms with van der Waals surface area (Å²) in [5.74, 6) is 1.95. The van der Waals surface area contributed by atoms with Gasteiger partial charge in [0.1, 0.15) is 0 Å². The van der Waals surface area contributed by atoms with Gasteiger partial charge in [-0.2, -0.15) is 5.06 Å². The van der Waals surface area contributed by atoms with Crippen molar-refractivity contribution in [3.05, 3.63) is 0 Å². The second-order valence-electron chi connectivity index (χ2n) is 15.7. The molecule has 2 rings (SSSR count). The zero-order chi connectivity index (χ0) is 31.8. The van der Waals surface area contributed by atoms with Crippen molar-refractivity contribution in [3.63, 3.8) is 0 Å². The number of hydrogen-bond donors (Lipinski definition) is 0. The van der Waals surface area contributed by atoms with E-state index in [1.807, 2.05) is 0 Å². The van der Waals surface area contributed by atoms with E-state index in [2.05, 4.69) is 79.2 Å². The maximum absolute atomic E-state index is 6.55. The Morgan fingerprint density at radius 2 is 1.07 bits per heavy atom. The Balaban J connectivity index is 1.62. The molecule has 0 bridgehead atoms. The van der Waals surface area contributed by atoms with Crippen molar-refractivity contribution in [2.24, 2.45) is 17.8 Å². The van der Waals surface area contributed by atoms with Crippen molar-refractivity contribution in [1.29, 1.82) is 0 Å². The first kappa shape index (κ1) is 39.0. The van der Waals surface area contributed by atoms with Gasteiger partial charge in [0.25, 0.3) is 0 Å². The molecule has 43 heavy (non-hydrogen) atoms. The van der Waals surface area contributed by atoms with Gasteiger partial charge in [-0.25, -0.2) is 0 Å². The van der Waals surface area contributed by atoms with E-state index in [-0.39, 0.29) is 5.54 Å². The fourth-order valence-electron chi connectivity index (χ4n) is 7.68. The van der Waals surface area contributed by atoms with Crippen LogP contribution in [-0.4, -0.2) is 72.2 Å². The highest BCUT2D eigenvalue weighted by Gasteiger charge is 2.43. The molecule has 0 aromatic heterocycles. The number of unbranched alkanes of at least 4 members (excludes halogenated alkanes) is 8. The van der Waals surface area contributed by atoms with E-state index in [4.69, 9.17) is 14.3 Å². The van der Waals surface area contributed by atoms with Crippen molar-refractivity contribution in [1.82, 2.24) is 9.96 Å². The number of ether oxygens (including phenoxy) is 2. The largest absolute Gasteiger partial charge is 0.378 e. The molecule has 0 amide bonds. The standard InChI is InChI=1S/C38H76N2O3/c1-11-13-19-22-39-35(30(3)4)26-33(27-36(39)31(5)6)41-23-20-17-15-16-18-21-24-42-34-28-37(32(7)8)40(38(9,10)29-34)43-25-14-12-2/h30-37H,11-29H2,1-10H3. The fourth-order valence-corrected chi connectivity index (χ4v) is 7.68. The predicted molar refractivity (Wildman–Crippen MR) is 185 cm³/mol. The molecule has 0 spiro atoms. The average molecular weight is 609 g/mol. The monoisotopic (exact) mass is 609 g/mol. The minimum absolute atomic E-state index is 0.0186. The molecule has 0 aromatic rings. The number of hydrogen-bond acceptors (Lipinski definition) is 5. The van der Waals surface area contributed by atoms with Crippen molar-refractivity contribution in [2.45, 2.75) is 201 Å². The van der Waals surface area contributed by atoms with Gasteiger partial charge in [0, 0.05) is 36.9 Å². The first-order valence-corrected chi connectivity index (χ1v) is 18.9. The Morgan fingerprint density at radius 3 is 1.58 bits per heavy atom. The highest BCUT2D eigenvalue weighted by molar-refractivity contribution is 4.94. The third-order valence-corrected chi connectivity index (χ3v) is 10.3. The summed E-state index contributed by atoms with van der Waals surface area (Å²) in [6.45, 7) is 27.4. The molecule has 256 valence electrons. The molecule has 2 heterocycles. The van der Waals surface area contributed by atoms with E-state index in [9.17, 15) is 0 Å². The van der Waals surface area contributed by atoms with Gasteiger partial charge >= 0.3 is 0 Å². The molecule has 0 aliphatic carbocycles. The molecular formula is C38H76N2O3. The van der Waals surface area contributed by atoms with Crippen LogP contribution in [0.25, 0.3) is 0 Å². The van der Waals surface area contributed by atoms with E-state index >= 15 is 0 Å². The maximum atomic E-state index is 6.55. The predicted octanol–water partition coefficient (Wildman–Crippen LogP) is 10.1. The Bertz CT molecular complexity index is 679. The molecule has 2 aliphatic heterocycles. The summed E-state index contributed by atoms with van der Waals surface area (Å²) in [5.41, 5.74) is 0.0186. The van der Waals surface area contributed by atoms with Crippen molar-refractivity contribution >= 4 is 0 Å². The lowest BCUT2D eigenvalue weighted by Crippen LogP contribution is -2.58. The Morgan fingerprint density at radius 1 is 0.581 bits per heavy atom. The maximum Gasteiger partial charge on any atom is 0.0685 e. The molecule has 4 atom stereocenters. The summed E-state index contributed by atoms with van der Waals surface area (Å²) >= 11 is 0. The minimum Gasteiger partial charge on any atom is -0.378 e. The van der Waals surface area contributed by atoms with Gasteiger partial charge in [-0.05, 0) is 89.5 Å². The molecule has 5 nitrogen and oxygen atoms in total. The molecule has 2 aliphatic rings. The zero-order valence-corrected chi connectivity index (χ0v) is 30.7. The average Bonchev–Trinajstić information content (AvgIpc) is 2.94. The van der Waals surface area contributed by atoms with Crippen LogP contribution in [0, 0.1) is 17.8 Å². The van der Waals surface area contributed by atoms with Crippen molar-refractivity contribution < 1.29 is 14.3 Å². The van der Waals surface area contributed by atoms with Gasteiger partial charge in [0.15, 0.2) is 0 Å². The number of nitrogens with zero attached hydrogens (tertiary/aromatic N) is 2. The SMILES string of the molecule is CCCCCN1C(C(C)C)CC(OCCCCCCCCOC2CC(C(C)C)N(OCCCC)C(C)(C)C2)CC1C(C)C. The molecule has 2 saturated heterocycles. The lowest BCUT2D eigenvalue weighted by atomic mass is 9.82. The highest BCUT2D eigenvalue weighted by atomic mass is 16.7. The molecule has 0 N–H and O–H groups in total. The van der Waals surface area contributed by atoms with E-state index in [1.54, 1.807) is 0 Å². The number of hydroxylamine groups is 2. The third-order valence-electron chi connectivity index (χ3n) is 10.3. The van der Waals surface area contributed by atoms with Gasteiger partial charge in [0.2, 0.25) is 0 Å². The van der Waals surface area contributed by atoms with Gasteiger partial charge in [-0.3, -0.25) is 9.74 Å². The summed E-state index contributed by atoms with van der Waals surface area (Å²) in [7, 11) is 0. The molecule has 2 fully saturated rings. The molecular weight excluding hydrogens is 532 g/mol. The normalized spacial score (nSPS) is 27.1. The summed E-state index contributed by atoms with van der Waals surface area (Å²) in [6.07, 6.45) is 19.2. The van der Waals surface area contributed by atoms with Gasteiger partial charge in [-0.1, -0.05) is 100 Å². The van der Waals surface area contributed by atoms with Crippen LogP contribution in [0.1, 0.15) is 166 Å². The molecule has 5 heteroatoms. The minimum atomic E-state index is 0.0186. The van der Waals surface area contributed by atoms with Crippen LogP contribution in [0.3, 0.4) is 0 Å². The summed E-state index contributed by atoms with van der Waals surface area (Å²) in [5, 5.41) is 2.32. The second-order valence-corrected chi connectivity index (χ2v) is 15.7. The van der Waals surface area contributed by atoms with Crippen molar-refractivity contribution in [2.75, 3.05) is 26.4 Å². The van der Waals surface area contributed by atoms with Crippen LogP contribution in [0.5, 0.6) is 0 Å². The Labute approximate surface area is 269 Å². The van der Waals surface area contributed by atoms with Gasteiger partial charge < -0.3 is 9.47 Å². The van der Waals surface area contributed by atoms with Crippen molar-refractivity contribution in [3.8, 4) is 0 Å².